The first-order valence-electron chi connectivity index (χ1n) is 10.2. The first-order chi connectivity index (χ1) is 12.6. The lowest BCUT2D eigenvalue weighted by atomic mass is 9.44. The smallest absolute Gasteiger partial charge is 0.332 e. The molecule has 0 aromatic rings. The summed E-state index contributed by atoms with van der Waals surface area (Å²) in [4.78, 5) is 25.2. The summed E-state index contributed by atoms with van der Waals surface area (Å²) < 4.78 is 5.77. The van der Waals surface area contributed by atoms with Gasteiger partial charge in [-0.05, 0) is 42.9 Å². The Morgan fingerprint density at radius 2 is 2.00 bits per heavy atom. The zero-order chi connectivity index (χ0) is 20.2. The minimum atomic E-state index is -0.686. The summed E-state index contributed by atoms with van der Waals surface area (Å²) in [5.74, 6) is -0.520. The fourth-order valence-corrected chi connectivity index (χ4v) is 6.70. The molecule has 3 rings (SSSR count). The molecule has 0 heterocycles. The summed E-state index contributed by atoms with van der Waals surface area (Å²) in [6.45, 7) is 11.5. The molecule has 0 aromatic heterocycles. The molecule has 2 unspecified atom stereocenters. The predicted molar refractivity (Wildman–Crippen MR) is 102 cm³/mol. The number of ketones is 1. The number of esters is 1. The van der Waals surface area contributed by atoms with Crippen molar-refractivity contribution in [3.63, 3.8) is 0 Å². The molecule has 3 saturated carbocycles. The Morgan fingerprint density at radius 1 is 1.33 bits per heavy atom. The third-order valence-electron chi connectivity index (χ3n) is 8.70. The molecule has 0 radical (unpaired) electrons. The molecule has 3 fully saturated rings. The molecule has 152 valence electrons. The molecule has 3 aliphatic rings. The maximum atomic E-state index is 13.1. The molecule has 3 aliphatic carbocycles. The molecule has 0 spiro atoms. The lowest BCUT2D eigenvalue weighted by molar-refractivity contribution is -0.207. The van der Waals surface area contributed by atoms with Crippen LogP contribution in [-0.2, 0) is 14.3 Å². The summed E-state index contributed by atoms with van der Waals surface area (Å²) in [7, 11) is 0. The molecule has 2 N–H and O–H groups in total. The van der Waals surface area contributed by atoms with Gasteiger partial charge in [0.15, 0.2) is 0 Å². The van der Waals surface area contributed by atoms with Gasteiger partial charge >= 0.3 is 5.97 Å². The van der Waals surface area contributed by atoms with Crippen LogP contribution in [0.3, 0.4) is 0 Å². The van der Waals surface area contributed by atoms with Crippen LogP contribution < -0.4 is 0 Å². The zero-order valence-electron chi connectivity index (χ0n) is 17.0. The van der Waals surface area contributed by atoms with E-state index in [2.05, 4.69) is 27.4 Å². The lowest BCUT2D eigenvalue weighted by Crippen LogP contribution is -2.63. The number of hydrogen-bond acceptors (Lipinski definition) is 5. The minimum Gasteiger partial charge on any atom is -0.460 e. The summed E-state index contributed by atoms with van der Waals surface area (Å²) in [5, 5.41) is 20.6. The molecular weight excluding hydrogens is 344 g/mol. The normalized spacial score (nSPS) is 49.7. The van der Waals surface area contributed by atoms with Gasteiger partial charge in [0.2, 0.25) is 0 Å². The third-order valence-corrected chi connectivity index (χ3v) is 8.70. The van der Waals surface area contributed by atoms with Crippen molar-refractivity contribution in [1.29, 1.82) is 0 Å². The fourth-order valence-electron chi connectivity index (χ4n) is 6.70. The fraction of sp³-hybridized carbons (Fsp3) is 0.818. The second-order valence-electron chi connectivity index (χ2n) is 9.72. The van der Waals surface area contributed by atoms with Gasteiger partial charge in [-0.3, -0.25) is 4.79 Å². The second kappa shape index (κ2) is 6.70. The van der Waals surface area contributed by atoms with E-state index in [0.717, 1.165) is 19.3 Å². The van der Waals surface area contributed by atoms with E-state index in [1.165, 1.54) is 0 Å². The van der Waals surface area contributed by atoms with Crippen LogP contribution in [0.25, 0.3) is 0 Å². The number of aliphatic hydroxyl groups excluding tert-OH is 2. The Morgan fingerprint density at radius 3 is 2.59 bits per heavy atom. The average Bonchev–Trinajstić information content (AvgIpc) is 3.00. The summed E-state index contributed by atoms with van der Waals surface area (Å²) in [5.41, 5.74) is -1.43. The highest BCUT2D eigenvalue weighted by molar-refractivity contribution is 5.85. The Kier molecular flexibility index (Phi) is 5.09. The number of Topliss-reactive ketones (excluding diaryl/α,β-unsaturated/α-hetero) is 1. The predicted octanol–water partition coefficient (Wildman–Crippen LogP) is 2.89. The number of ether oxygens (including phenoxy) is 1. The van der Waals surface area contributed by atoms with Gasteiger partial charge < -0.3 is 14.9 Å². The van der Waals surface area contributed by atoms with E-state index in [1.807, 2.05) is 6.92 Å². The number of aliphatic hydroxyl groups is 2. The summed E-state index contributed by atoms with van der Waals surface area (Å²) in [6, 6.07) is 0. The van der Waals surface area contributed by atoms with Gasteiger partial charge in [0.05, 0.1) is 6.10 Å². The second-order valence-corrected chi connectivity index (χ2v) is 9.72. The minimum absolute atomic E-state index is 0.0433. The summed E-state index contributed by atoms with van der Waals surface area (Å²) in [6.07, 6.45) is 4.10. The topological polar surface area (TPSA) is 83.8 Å². The van der Waals surface area contributed by atoms with Gasteiger partial charge in [0.1, 0.15) is 18.5 Å². The maximum Gasteiger partial charge on any atom is 0.332 e. The van der Waals surface area contributed by atoms with Crippen molar-refractivity contribution in [1.82, 2.24) is 0 Å². The molecule has 0 aromatic carbocycles. The van der Waals surface area contributed by atoms with Crippen molar-refractivity contribution in [2.24, 2.45) is 34.0 Å². The van der Waals surface area contributed by atoms with E-state index in [1.54, 1.807) is 6.08 Å². The first-order valence-corrected chi connectivity index (χ1v) is 10.2. The molecule has 0 aliphatic heterocycles. The number of hydrogen-bond donors (Lipinski definition) is 2. The van der Waals surface area contributed by atoms with Crippen LogP contribution in [0.4, 0.5) is 0 Å². The van der Waals surface area contributed by atoms with E-state index in [0.29, 0.717) is 12.8 Å². The average molecular weight is 379 g/mol. The molecule has 27 heavy (non-hydrogen) atoms. The van der Waals surface area contributed by atoms with Gasteiger partial charge in [-0.2, -0.15) is 0 Å². The van der Waals surface area contributed by atoms with Crippen molar-refractivity contribution in [3.8, 4) is 0 Å². The Hall–Kier alpha value is -1.20. The Balaban J connectivity index is 2.21. The zero-order valence-corrected chi connectivity index (χ0v) is 17.0. The highest BCUT2D eigenvalue weighted by Crippen LogP contribution is 2.67. The number of carbonyl (C=O) groups excluding carboxylic acids is 2. The highest BCUT2D eigenvalue weighted by Gasteiger charge is 2.68. The molecule has 8 atom stereocenters. The van der Waals surface area contributed by atoms with Gasteiger partial charge in [-0.1, -0.05) is 33.8 Å². The van der Waals surface area contributed by atoms with Crippen molar-refractivity contribution in [3.05, 3.63) is 12.7 Å². The lowest BCUT2D eigenvalue weighted by Gasteiger charge is -2.61. The number of carbonyl (C=O) groups is 2. The van der Waals surface area contributed by atoms with Crippen LogP contribution in [0.2, 0.25) is 0 Å². The van der Waals surface area contributed by atoms with E-state index < -0.39 is 35.6 Å². The van der Waals surface area contributed by atoms with Crippen molar-refractivity contribution in [2.45, 2.75) is 72.0 Å². The van der Waals surface area contributed by atoms with Gasteiger partial charge in [0.25, 0.3) is 0 Å². The van der Waals surface area contributed by atoms with Crippen molar-refractivity contribution in [2.75, 3.05) is 6.61 Å². The molecule has 5 nitrogen and oxygen atoms in total. The van der Waals surface area contributed by atoms with E-state index in [9.17, 15) is 19.8 Å². The third kappa shape index (κ3) is 2.72. The quantitative estimate of drug-likeness (QED) is 0.583. The Labute approximate surface area is 162 Å². The number of rotatable bonds is 3. The first kappa shape index (κ1) is 20.5. The van der Waals surface area contributed by atoms with Crippen LogP contribution in [0.5, 0.6) is 0 Å². The summed E-state index contributed by atoms with van der Waals surface area (Å²) >= 11 is 0. The van der Waals surface area contributed by atoms with Crippen LogP contribution >= 0.6 is 0 Å². The largest absolute Gasteiger partial charge is 0.460 e. The van der Waals surface area contributed by atoms with Gasteiger partial charge in [-0.25, -0.2) is 4.79 Å². The monoisotopic (exact) mass is 378 g/mol. The maximum absolute atomic E-state index is 13.1. The molecule has 0 saturated heterocycles. The molecule has 2 bridgehead atoms. The van der Waals surface area contributed by atoms with E-state index >= 15 is 0 Å². The van der Waals surface area contributed by atoms with Crippen molar-refractivity contribution >= 4 is 11.8 Å². The van der Waals surface area contributed by atoms with Crippen LogP contribution in [-0.4, -0.2) is 40.8 Å². The van der Waals surface area contributed by atoms with E-state index in [4.69, 9.17) is 4.74 Å². The van der Waals surface area contributed by atoms with Gasteiger partial charge in [0, 0.05) is 23.2 Å². The van der Waals surface area contributed by atoms with E-state index in [-0.39, 0.29) is 29.0 Å². The standard InChI is InChI=1S/C22H34O5/c1-6-20(4)11-16(27-17(25)12-23)21(5)13(2)7-9-22(14(3)19(20)26)10-8-15(24)18(21)22/h6,13-14,16,18-19,23,26H,1,7-12H2,2-5H3/t13-,14-,16-,18?,19?,20-,21+,22+/m1/s1. The SMILES string of the molecule is C=C[C@]1(C)C[C@@H](OC(=O)CO)[C@@]2(C)C3C(=O)CC[C@@]3(CC[C@H]2C)[C@H](C)C1O. The molecule has 0 amide bonds. The van der Waals surface area contributed by atoms with Crippen LogP contribution in [0.1, 0.15) is 59.8 Å². The van der Waals surface area contributed by atoms with Crippen LogP contribution in [0.15, 0.2) is 12.7 Å². The highest BCUT2D eigenvalue weighted by atomic mass is 16.6. The van der Waals surface area contributed by atoms with Gasteiger partial charge in [-0.15, -0.1) is 6.58 Å². The van der Waals surface area contributed by atoms with Crippen LogP contribution in [0, 0.1) is 34.0 Å². The Bertz CT molecular complexity index is 645. The van der Waals surface area contributed by atoms with Crippen molar-refractivity contribution < 1.29 is 24.5 Å². The molecular formula is C22H34O5. The molecule has 5 heteroatoms.